The van der Waals surface area contributed by atoms with Crippen molar-refractivity contribution in [2.75, 3.05) is 19.6 Å². The number of rotatable bonds is 6. The van der Waals surface area contributed by atoms with Crippen LogP contribution >= 0.6 is 0 Å². The van der Waals surface area contributed by atoms with Crippen LogP contribution < -0.4 is 10.6 Å². The van der Waals surface area contributed by atoms with Crippen molar-refractivity contribution in [3.05, 3.63) is 0 Å². The molecule has 3 atom stereocenters. The zero-order valence-electron chi connectivity index (χ0n) is 13.2. The van der Waals surface area contributed by atoms with E-state index in [-0.39, 0.29) is 18.0 Å². The molecule has 4 heteroatoms. The lowest BCUT2D eigenvalue weighted by Crippen LogP contribution is -2.52. The molecule has 0 aliphatic carbocycles. The van der Waals surface area contributed by atoms with E-state index < -0.39 is 0 Å². The molecule has 2 N–H and O–H groups in total. The summed E-state index contributed by atoms with van der Waals surface area (Å²) in [6.45, 7) is 13.5. The van der Waals surface area contributed by atoms with Crippen LogP contribution in [0.4, 0.5) is 0 Å². The van der Waals surface area contributed by atoms with Crippen molar-refractivity contribution in [1.29, 1.82) is 0 Å². The molecule has 1 amide bonds. The normalized spacial score (nSPS) is 24.2. The molecule has 1 saturated heterocycles. The summed E-state index contributed by atoms with van der Waals surface area (Å²) in [5.74, 6) is 0.815. The van der Waals surface area contributed by atoms with Crippen LogP contribution in [0, 0.1) is 5.92 Å². The number of carbonyl (C=O) groups excluding carboxylic acids is 1. The summed E-state index contributed by atoms with van der Waals surface area (Å²) in [4.78, 5) is 14.4. The van der Waals surface area contributed by atoms with Gasteiger partial charge in [-0.15, -0.1) is 0 Å². The Labute approximate surface area is 118 Å². The third kappa shape index (κ3) is 5.11. The van der Waals surface area contributed by atoms with Crippen molar-refractivity contribution >= 4 is 5.91 Å². The number of hydrogen-bond donors (Lipinski definition) is 2. The molecular formula is C15H31N3O. The molecule has 19 heavy (non-hydrogen) atoms. The van der Waals surface area contributed by atoms with Crippen molar-refractivity contribution in [3.8, 4) is 0 Å². The summed E-state index contributed by atoms with van der Waals surface area (Å²) in [5, 5.41) is 6.52. The Morgan fingerprint density at radius 3 is 2.58 bits per heavy atom. The van der Waals surface area contributed by atoms with Crippen molar-refractivity contribution in [2.45, 2.75) is 65.6 Å². The number of amides is 1. The minimum absolute atomic E-state index is 0.0148. The minimum atomic E-state index is -0.0148. The Hall–Kier alpha value is -0.610. The van der Waals surface area contributed by atoms with E-state index >= 15 is 0 Å². The maximum atomic E-state index is 12.1. The monoisotopic (exact) mass is 269 g/mol. The summed E-state index contributed by atoms with van der Waals surface area (Å²) < 4.78 is 0. The van der Waals surface area contributed by atoms with Crippen LogP contribution in [0.1, 0.15) is 47.5 Å². The van der Waals surface area contributed by atoms with Crippen LogP contribution in [0.15, 0.2) is 0 Å². The Balaban J connectivity index is 2.51. The Morgan fingerprint density at radius 1 is 1.32 bits per heavy atom. The van der Waals surface area contributed by atoms with E-state index in [1.165, 1.54) is 12.8 Å². The van der Waals surface area contributed by atoms with Gasteiger partial charge in [-0.05, 0) is 59.5 Å². The molecule has 0 bridgehead atoms. The van der Waals surface area contributed by atoms with Gasteiger partial charge in [-0.25, -0.2) is 0 Å². The smallest absolute Gasteiger partial charge is 0.237 e. The van der Waals surface area contributed by atoms with E-state index in [9.17, 15) is 4.79 Å². The molecular weight excluding hydrogens is 238 g/mol. The van der Waals surface area contributed by atoms with Crippen LogP contribution in [-0.2, 0) is 4.79 Å². The minimum Gasteiger partial charge on any atom is -0.353 e. The predicted molar refractivity (Wildman–Crippen MR) is 80.2 cm³/mol. The zero-order valence-corrected chi connectivity index (χ0v) is 13.2. The van der Waals surface area contributed by atoms with Gasteiger partial charge in [0.2, 0.25) is 5.91 Å². The first-order valence-electron chi connectivity index (χ1n) is 7.73. The highest BCUT2D eigenvalue weighted by atomic mass is 16.2. The maximum absolute atomic E-state index is 12.1. The lowest BCUT2D eigenvalue weighted by atomic mass is 9.90. The SMILES string of the molecule is CCNC(C)C1CCCN(C(C)C(=O)NC(C)C)C1. The van der Waals surface area contributed by atoms with Crippen LogP contribution in [0.5, 0.6) is 0 Å². The number of hydrogen-bond acceptors (Lipinski definition) is 3. The fourth-order valence-electron chi connectivity index (χ4n) is 2.86. The molecule has 1 aliphatic heterocycles. The molecule has 0 aromatic carbocycles. The van der Waals surface area contributed by atoms with Crippen LogP contribution in [0.2, 0.25) is 0 Å². The molecule has 3 unspecified atom stereocenters. The van der Waals surface area contributed by atoms with Gasteiger partial charge in [-0.1, -0.05) is 6.92 Å². The number of piperidine rings is 1. The molecule has 1 heterocycles. The summed E-state index contributed by atoms with van der Waals surface area (Å²) in [6.07, 6.45) is 2.46. The van der Waals surface area contributed by atoms with Gasteiger partial charge in [0.05, 0.1) is 6.04 Å². The van der Waals surface area contributed by atoms with E-state index in [4.69, 9.17) is 0 Å². The van der Waals surface area contributed by atoms with Crippen molar-refractivity contribution < 1.29 is 4.79 Å². The van der Waals surface area contributed by atoms with Gasteiger partial charge in [0.15, 0.2) is 0 Å². The first-order valence-corrected chi connectivity index (χ1v) is 7.73. The molecule has 1 aliphatic rings. The standard InChI is InChI=1S/C15H31N3O/c1-6-16-12(4)14-8-7-9-18(10-14)13(5)15(19)17-11(2)3/h11-14,16H,6-10H2,1-5H3,(H,17,19). The maximum Gasteiger partial charge on any atom is 0.237 e. The molecule has 0 aromatic rings. The van der Waals surface area contributed by atoms with Crippen LogP contribution in [-0.4, -0.2) is 48.6 Å². The molecule has 1 fully saturated rings. The van der Waals surface area contributed by atoms with Crippen LogP contribution in [0.3, 0.4) is 0 Å². The van der Waals surface area contributed by atoms with Crippen molar-refractivity contribution in [3.63, 3.8) is 0 Å². The molecule has 1 rings (SSSR count). The molecule has 0 aromatic heterocycles. The second-order valence-corrected chi connectivity index (χ2v) is 6.08. The summed E-state index contributed by atoms with van der Waals surface area (Å²) >= 11 is 0. The third-order valence-electron chi connectivity index (χ3n) is 4.08. The second kappa shape index (κ2) is 7.85. The van der Waals surface area contributed by atoms with Gasteiger partial charge in [0.1, 0.15) is 0 Å². The molecule has 4 nitrogen and oxygen atoms in total. The van der Waals surface area contributed by atoms with Gasteiger partial charge in [0, 0.05) is 18.6 Å². The van der Waals surface area contributed by atoms with Gasteiger partial charge < -0.3 is 10.6 Å². The summed E-state index contributed by atoms with van der Waals surface area (Å²) in [6, 6.07) is 0.739. The number of nitrogens with one attached hydrogen (secondary N) is 2. The second-order valence-electron chi connectivity index (χ2n) is 6.08. The van der Waals surface area contributed by atoms with E-state index in [0.717, 1.165) is 19.6 Å². The molecule has 112 valence electrons. The van der Waals surface area contributed by atoms with Crippen LogP contribution in [0.25, 0.3) is 0 Å². The number of carbonyl (C=O) groups is 1. The number of likely N-dealkylation sites (tertiary alicyclic amines) is 1. The quantitative estimate of drug-likeness (QED) is 0.770. The fraction of sp³-hybridized carbons (Fsp3) is 0.933. The van der Waals surface area contributed by atoms with E-state index in [2.05, 4.69) is 29.4 Å². The topological polar surface area (TPSA) is 44.4 Å². The Morgan fingerprint density at radius 2 is 2.00 bits per heavy atom. The summed E-state index contributed by atoms with van der Waals surface area (Å²) in [5.41, 5.74) is 0. The van der Waals surface area contributed by atoms with E-state index in [0.29, 0.717) is 12.0 Å². The Bertz CT molecular complexity index is 281. The Kier molecular flexibility index (Phi) is 6.80. The molecule has 0 saturated carbocycles. The average molecular weight is 269 g/mol. The first-order chi connectivity index (χ1) is 8.95. The third-order valence-corrected chi connectivity index (χ3v) is 4.08. The van der Waals surface area contributed by atoms with E-state index in [1.54, 1.807) is 0 Å². The van der Waals surface area contributed by atoms with Gasteiger partial charge in [0.25, 0.3) is 0 Å². The highest BCUT2D eigenvalue weighted by molar-refractivity contribution is 5.81. The highest BCUT2D eigenvalue weighted by Gasteiger charge is 2.29. The van der Waals surface area contributed by atoms with Crippen molar-refractivity contribution in [1.82, 2.24) is 15.5 Å². The van der Waals surface area contributed by atoms with Gasteiger partial charge in [-0.2, -0.15) is 0 Å². The largest absolute Gasteiger partial charge is 0.353 e. The molecule has 0 radical (unpaired) electrons. The number of nitrogens with zero attached hydrogens (tertiary/aromatic N) is 1. The highest BCUT2D eigenvalue weighted by Crippen LogP contribution is 2.21. The van der Waals surface area contributed by atoms with E-state index in [1.807, 2.05) is 20.8 Å². The summed E-state index contributed by atoms with van der Waals surface area (Å²) in [7, 11) is 0. The zero-order chi connectivity index (χ0) is 14.4. The average Bonchev–Trinajstić information content (AvgIpc) is 2.37. The fourth-order valence-corrected chi connectivity index (χ4v) is 2.86. The predicted octanol–water partition coefficient (Wildman–Crippen LogP) is 1.61. The lowest BCUT2D eigenvalue weighted by molar-refractivity contribution is -0.127. The molecule has 0 spiro atoms. The van der Waals surface area contributed by atoms with Crippen molar-refractivity contribution in [2.24, 2.45) is 5.92 Å². The van der Waals surface area contributed by atoms with Gasteiger partial charge >= 0.3 is 0 Å². The lowest BCUT2D eigenvalue weighted by Gasteiger charge is -2.38. The first kappa shape index (κ1) is 16.4. The van der Waals surface area contributed by atoms with Gasteiger partial charge in [-0.3, -0.25) is 9.69 Å².